The van der Waals surface area contributed by atoms with Crippen LogP contribution < -0.4 is 10.1 Å². The summed E-state index contributed by atoms with van der Waals surface area (Å²) < 4.78 is 10.4. The minimum atomic E-state index is -1.14. The van der Waals surface area contributed by atoms with E-state index in [9.17, 15) is 9.90 Å². The summed E-state index contributed by atoms with van der Waals surface area (Å²) in [4.78, 5) is 12.0. The number of hydrogen-bond donors (Lipinski definition) is 2. The number of aliphatic hydroxyl groups is 1. The van der Waals surface area contributed by atoms with E-state index in [1.54, 1.807) is 19.1 Å². The number of hydrogen-bond acceptors (Lipinski definition) is 5. The van der Waals surface area contributed by atoms with E-state index in [4.69, 9.17) is 9.26 Å². The van der Waals surface area contributed by atoms with Gasteiger partial charge in [-0.25, -0.2) is 0 Å². The van der Waals surface area contributed by atoms with E-state index < -0.39 is 5.60 Å². The van der Waals surface area contributed by atoms with Crippen LogP contribution in [0.1, 0.15) is 28.2 Å². The Bertz CT molecular complexity index is 667. The number of ether oxygens (including phenoxy) is 1. The lowest BCUT2D eigenvalue weighted by Gasteiger charge is -2.34. The van der Waals surface area contributed by atoms with Gasteiger partial charge in [0.2, 0.25) is 0 Å². The van der Waals surface area contributed by atoms with Gasteiger partial charge in [-0.2, -0.15) is 0 Å². The van der Waals surface area contributed by atoms with Crippen LogP contribution in [0.5, 0.6) is 5.75 Å². The van der Waals surface area contributed by atoms with Gasteiger partial charge in [0.25, 0.3) is 5.91 Å². The molecular weight excluding hydrogens is 272 g/mol. The maximum absolute atomic E-state index is 12.0. The molecule has 0 unspecified atom stereocenters. The fourth-order valence-corrected chi connectivity index (χ4v) is 2.42. The number of aromatic nitrogens is 1. The molecule has 1 aliphatic heterocycles. The molecule has 1 aliphatic rings. The second kappa shape index (κ2) is 5.21. The van der Waals surface area contributed by atoms with Crippen LogP contribution >= 0.6 is 0 Å². The van der Waals surface area contributed by atoms with Crippen LogP contribution in [0.4, 0.5) is 0 Å². The Kier molecular flexibility index (Phi) is 3.39. The minimum Gasteiger partial charge on any atom is -0.493 e. The van der Waals surface area contributed by atoms with Gasteiger partial charge in [0.1, 0.15) is 17.1 Å². The van der Waals surface area contributed by atoms with Gasteiger partial charge in [0, 0.05) is 18.1 Å². The molecule has 2 N–H and O–H groups in total. The minimum absolute atomic E-state index is 0.0954. The summed E-state index contributed by atoms with van der Waals surface area (Å²) in [5.74, 6) is 0.845. The Labute approximate surface area is 121 Å². The van der Waals surface area contributed by atoms with E-state index in [-0.39, 0.29) is 18.1 Å². The van der Waals surface area contributed by atoms with E-state index in [0.29, 0.717) is 30.1 Å². The molecular formula is C15H16N2O4. The predicted molar refractivity (Wildman–Crippen MR) is 74.0 cm³/mol. The number of rotatable bonds is 3. The Morgan fingerprint density at radius 2 is 2.29 bits per heavy atom. The Morgan fingerprint density at radius 3 is 3.05 bits per heavy atom. The second-order valence-electron chi connectivity index (χ2n) is 5.13. The molecule has 1 aromatic carbocycles. The smallest absolute Gasteiger partial charge is 0.273 e. The summed E-state index contributed by atoms with van der Waals surface area (Å²) in [6.45, 7) is 2.22. The lowest BCUT2D eigenvalue weighted by Crippen LogP contribution is -2.44. The van der Waals surface area contributed by atoms with Gasteiger partial charge in [-0.3, -0.25) is 4.79 Å². The van der Waals surface area contributed by atoms with Crippen LogP contribution in [0.15, 0.2) is 34.9 Å². The van der Waals surface area contributed by atoms with E-state index >= 15 is 0 Å². The SMILES string of the molecule is Cc1cc(C(=O)NC[C@@]2(O)CCOc3ccccc32)no1. The fraction of sp³-hybridized carbons (Fsp3) is 0.333. The zero-order valence-corrected chi connectivity index (χ0v) is 11.6. The van der Waals surface area contributed by atoms with Crippen molar-refractivity contribution < 1.29 is 19.2 Å². The van der Waals surface area contributed by atoms with Gasteiger partial charge in [-0.05, 0) is 13.0 Å². The molecule has 3 rings (SSSR count). The Balaban J connectivity index is 1.74. The Hall–Kier alpha value is -2.34. The molecule has 1 aromatic heterocycles. The van der Waals surface area contributed by atoms with Crippen LogP contribution in [0.3, 0.4) is 0 Å². The molecule has 0 radical (unpaired) electrons. The molecule has 6 nitrogen and oxygen atoms in total. The van der Waals surface area contributed by atoms with Gasteiger partial charge in [-0.15, -0.1) is 0 Å². The largest absolute Gasteiger partial charge is 0.493 e. The topological polar surface area (TPSA) is 84.6 Å². The molecule has 21 heavy (non-hydrogen) atoms. The third-order valence-corrected chi connectivity index (χ3v) is 3.56. The molecule has 6 heteroatoms. The molecule has 0 bridgehead atoms. The van der Waals surface area contributed by atoms with E-state index in [1.165, 1.54) is 0 Å². The van der Waals surface area contributed by atoms with Crippen LogP contribution in [0.2, 0.25) is 0 Å². The molecule has 0 spiro atoms. The highest BCUT2D eigenvalue weighted by molar-refractivity contribution is 5.92. The first kappa shape index (κ1) is 13.6. The number of aryl methyl sites for hydroxylation is 1. The summed E-state index contributed by atoms with van der Waals surface area (Å²) in [5.41, 5.74) is -0.243. The van der Waals surface area contributed by atoms with Crippen molar-refractivity contribution in [1.29, 1.82) is 0 Å². The van der Waals surface area contributed by atoms with Gasteiger partial charge in [0.05, 0.1) is 13.2 Å². The molecule has 0 saturated carbocycles. The van der Waals surface area contributed by atoms with Gasteiger partial charge >= 0.3 is 0 Å². The van der Waals surface area contributed by atoms with Crippen molar-refractivity contribution in [2.45, 2.75) is 18.9 Å². The van der Waals surface area contributed by atoms with Crippen LogP contribution in [-0.2, 0) is 5.60 Å². The zero-order chi connectivity index (χ0) is 14.9. The molecule has 0 aliphatic carbocycles. The molecule has 110 valence electrons. The van der Waals surface area contributed by atoms with Crippen LogP contribution in [0.25, 0.3) is 0 Å². The fourth-order valence-electron chi connectivity index (χ4n) is 2.42. The molecule has 0 saturated heterocycles. The number of nitrogens with one attached hydrogen (secondary N) is 1. The maximum atomic E-state index is 12.0. The van der Waals surface area contributed by atoms with Crippen LogP contribution in [0, 0.1) is 6.92 Å². The number of carbonyl (C=O) groups excluding carboxylic acids is 1. The molecule has 1 amide bonds. The zero-order valence-electron chi connectivity index (χ0n) is 11.6. The lowest BCUT2D eigenvalue weighted by molar-refractivity contribution is -0.00167. The second-order valence-corrected chi connectivity index (χ2v) is 5.13. The summed E-state index contributed by atoms with van der Waals surface area (Å²) in [6.07, 6.45) is 0.419. The van der Waals surface area contributed by atoms with Gasteiger partial charge in [-0.1, -0.05) is 23.4 Å². The first-order chi connectivity index (χ1) is 10.1. The lowest BCUT2D eigenvalue weighted by atomic mass is 9.88. The number of para-hydroxylation sites is 1. The normalized spacial score (nSPS) is 20.5. The third kappa shape index (κ3) is 2.62. The third-order valence-electron chi connectivity index (χ3n) is 3.56. The Morgan fingerprint density at radius 1 is 1.48 bits per heavy atom. The predicted octanol–water partition coefficient (Wildman–Crippen LogP) is 1.38. The molecule has 0 fully saturated rings. The van der Waals surface area contributed by atoms with E-state index in [1.807, 2.05) is 18.2 Å². The number of benzene rings is 1. The van der Waals surface area contributed by atoms with E-state index in [2.05, 4.69) is 10.5 Å². The van der Waals surface area contributed by atoms with Gasteiger partial charge in [0.15, 0.2) is 5.69 Å². The maximum Gasteiger partial charge on any atom is 0.273 e. The van der Waals surface area contributed by atoms with Crippen molar-refractivity contribution in [1.82, 2.24) is 10.5 Å². The van der Waals surface area contributed by atoms with Crippen LogP contribution in [-0.4, -0.2) is 29.3 Å². The highest BCUT2D eigenvalue weighted by atomic mass is 16.5. The summed E-state index contributed by atoms with van der Waals surface area (Å²) in [6, 6.07) is 8.85. The van der Waals surface area contributed by atoms with Crippen molar-refractivity contribution >= 4 is 5.91 Å². The highest BCUT2D eigenvalue weighted by Gasteiger charge is 2.36. The number of fused-ring (bicyclic) bond motifs is 1. The van der Waals surface area contributed by atoms with Gasteiger partial charge < -0.3 is 19.7 Å². The van der Waals surface area contributed by atoms with Crippen molar-refractivity contribution in [2.75, 3.05) is 13.2 Å². The summed E-state index contributed by atoms with van der Waals surface area (Å²) in [7, 11) is 0. The average molecular weight is 288 g/mol. The number of nitrogens with zero attached hydrogens (tertiary/aromatic N) is 1. The highest BCUT2D eigenvalue weighted by Crippen LogP contribution is 2.36. The molecule has 1 atom stereocenters. The summed E-state index contributed by atoms with van der Waals surface area (Å²) in [5, 5.41) is 17.1. The van der Waals surface area contributed by atoms with Crippen molar-refractivity contribution in [3.8, 4) is 5.75 Å². The summed E-state index contributed by atoms with van der Waals surface area (Å²) >= 11 is 0. The first-order valence-electron chi connectivity index (χ1n) is 6.75. The first-order valence-corrected chi connectivity index (χ1v) is 6.75. The monoisotopic (exact) mass is 288 g/mol. The van der Waals surface area contributed by atoms with Crippen molar-refractivity contribution in [3.63, 3.8) is 0 Å². The quantitative estimate of drug-likeness (QED) is 0.891. The van der Waals surface area contributed by atoms with Crippen molar-refractivity contribution in [3.05, 3.63) is 47.3 Å². The standard InChI is InChI=1S/C15H16N2O4/c1-10-8-12(17-21-10)14(18)16-9-15(19)6-7-20-13-5-3-2-4-11(13)15/h2-5,8,19H,6-7,9H2,1H3,(H,16,18)/t15-/m0/s1. The average Bonchev–Trinajstić information content (AvgIpc) is 2.92. The van der Waals surface area contributed by atoms with E-state index in [0.717, 1.165) is 0 Å². The molecule has 2 aromatic rings. The number of amides is 1. The van der Waals surface area contributed by atoms with Crippen molar-refractivity contribution in [2.24, 2.45) is 0 Å². The molecule has 2 heterocycles. The number of carbonyl (C=O) groups is 1.